The van der Waals surface area contributed by atoms with Crippen LogP contribution in [-0.2, 0) is 13.0 Å². The van der Waals surface area contributed by atoms with Crippen LogP contribution < -0.4 is 5.32 Å². The smallest absolute Gasteiger partial charge is 0.358 e. The van der Waals surface area contributed by atoms with Crippen LogP contribution in [0.2, 0.25) is 0 Å². The minimum absolute atomic E-state index is 0.203. The van der Waals surface area contributed by atoms with Gasteiger partial charge in [0.1, 0.15) is 0 Å². The van der Waals surface area contributed by atoms with Gasteiger partial charge in [-0.3, -0.25) is 0 Å². The number of aromatic amines is 1. The maximum absolute atomic E-state index is 12.2. The summed E-state index contributed by atoms with van der Waals surface area (Å²) in [4.78, 5) is 2.78. The molecule has 92 valence electrons. The Morgan fingerprint density at radius 1 is 1.24 bits per heavy atom. The van der Waals surface area contributed by atoms with E-state index in [4.69, 9.17) is 0 Å². The van der Waals surface area contributed by atoms with Crippen LogP contribution in [0.15, 0.2) is 24.3 Å². The molecule has 2 rings (SSSR count). The van der Waals surface area contributed by atoms with Gasteiger partial charge < -0.3 is 10.3 Å². The average Bonchev–Trinajstić information content (AvgIpc) is 2.56. The van der Waals surface area contributed by atoms with Crippen molar-refractivity contribution in [3.8, 4) is 0 Å². The first-order valence-electron chi connectivity index (χ1n) is 5.30. The molecule has 1 aromatic heterocycles. The van der Waals surface area contributed by atoms with Gasteiger partial charge in [-0.15, -0.1) is 0 Å². The fraction of sp³-hybridized carbons (Fsp3) is 0.333. The number of hydrogen-bond acceptors (Lipinski definition) is 1. The monoisotopic (exact) mass is 242 g/mol. The number of nitrogens with one attached hydrogen (secondary N) is 2. The number of aromatic nitrogens is 1. The van der Waals surface area contributed by atoms with Crippen molar-refractivity contribution in [2.75, 3.05) is 7.05 Å². The molecule has 5 heteroatoms. The van der Waals surface area contributed by atoms with Gasteiger partial charge in [0.05, 0.1) is 6.42 Å². The topological polar surface area (TPSA) is 27.8 Å². The molecule has 0 amide bonds. The Labute approximate surface area is 96.8 Å². The minimum Gasteiger partial charge on any atom is -0.358 e. The Bertz CT molecular complexity index is 514. The highest BCUT2D eigenvalue weighted by atomic mass is 19.4. The molecule has 2 aromatic rings. The first-order valence-corrected chi connectivity index (χ1v) is 5.30. The van der Waals surface area contributed by atoms with E-state index in [1.54, 1.807) is 6.07 Å². The lowest BCUT2D eigenvalue weighted by Gasteiger charge is -2.02. The molecule has 0 atom stereocenters. The molecule has 0 spiro atoms. The fourth-order valence-electron chi connectivity index (χ4n) is 1.87. The molecule has 17 heavy (non-hydrogen) atoms. The van der Waals surface area contributed by atoms with Crippen molar-refractivity contribution in [1.82, 2.24) is 10.3 Å². The molecule has 1 aromatic carbocycles. The van der Waals surface area contributed by atoms with E-state index in [0.29, 0.717) is 6.54 Å². The van der Waals surface area contributed by atoms with Gasteiger partial charge in [-0.25, -0.2) is 0 Å². The highest BCUT2D eigenvalue weighted by molar-refractivity contribution is 5.81. The zero-order valence-electron chi connectivity index (χ0n) is 9.36. The molecule has 0 radical (unpaired) electrons. The summed E-state index contributed by atoms with van der Waals surface area (Å²) in [6, 6.07) is 7.15. The summed E-state index contributed by atoms with van der Waals surface area (Å²) in [6.07, 6.45) is -5.09. The molecule has 1 heterocycles. The van der Waals surface area contributed by atoms with Crippen molar-refractivity contribution >= 4 is 10.9 Å². The van der Waals surface area contributed by atoms with Crippen molar-refractivity contribution in [2.45, 2.75) is 19.1 Å². The molecule has 0 saturated carbocycles. The summed E-state index contributed by atoms with van der Waals surface area (Å²) >= 11 is 0. The number of fused-ring (bicyclic) bond motifs is 1. The van der Waals surface area contributed by atoms with E-state index in [1.165, 1.54) is 0 Å². The van der Waals surface area contributed by atoms with Gasteiger partial charge in [0, 0.05) is 17.8 Å². The lowest BCUT2D eigenvalue weighted by Crippen LogP contribution is -2.11. The second-order valence-electron chi connectivity index (χ2n) is 4.04. The highest BCUT2D eigenvalue weighted by Gasteiger charge is 2.28. The predicted octanol–water partition coefficient (Wildman–Crippen LogP) is 2.99. The van der Waals surface area contributed by atoms with Gasteiger partial charge >= 0.3 is 6.18 Å². The van der Waals surface area contributed by atoms with E-state index in [-0.39, 0.29) is 5.69 Å². The third-order valence-electron chi connectivity index (χ3n) is 2.51. The quantitative estimate of drug-likeness (QED) is 0.850. The molecule has 0 fully saturated rings. The molecule has 2 N–H and O–H groups in total. The van der Waals surface area contributed by atoms with E-state index >= 15 is 0 Å². The van der Waals surface area contributed by atoms with Crippen LogP contribution >= 0.6 is 0 Å². The number of benzene rings is 1. The Morgan fingerprint density at radius 2 is 2.00 bits per heavy atom. The maximum Gasteiger partial charge on any atom is 0.394 e. The molecule has 0 aliphatic rings. The van der Waals surface area contributed by atoms with Crippen molar-refractivity contribution in [2.24, 2.45) is 0 Å². The highest BCUT2D eigenvalue weighted by Crippen LogP contribution is 2.24. The van der Waals surface area contributed by atoms with Gasteiger partial charge in [-0.1, -0.05) is 6.07 Å². The third kappa shape index (κ3) is 3.00. The second-order valence-corrected chi connectivity index (χ2v) is 4.04. The van der Waals surface area contributed by atoms with E-state index in [0.717, 1.165) is 16.5 Å². The first-order chi connectivity index (χ1) is 7.98. The van der Waals surface area contributed by atoms with Crippen LogP contribution in [0.25, 0.3) is 10.9 Å². The summed E-state index contributed by atoms with van der Waals surface area (Å²) in [6.45, 7) is 0.704. The summed E-state index contributed by atoms with van der Waals surface area (Å²) in [7, 11) is 1.83. The molecular formula is C12H13F3N2. The van der Waals surface area contributed by atoms with Gasteiger partial charge in [-0.2, -0.15) is 13.2 Å². The molecule has 0 aliphatic heterocycles. The van der Waals surface area contributed by atoms with Crippen LogP contribution in [0.1, 0.15) is 11.3 Å². The first kappa shape index (κ1) is 12.0. The van der Waals surface area contributed by atoms with Crippen LogP contribution in [-0.4, -0.2) is 18.2 Å². The molecular weight excluding hydrogens is 229 g/mol. The molecule has 0 bridgehead atoms. The fourth-order valence-corrected chi connectivity index (χ4v) is 1.87. The van der Waals surface area contributed by atoms with E-state index in [1.807, 2.05) is 25.2 Å². The third-order valence-corrected chi connectivity index (χ3v) is 2.51. The standard InChI is InChI=1S/C12H13F3N2/c1-16-7-8-2-3-11-9(4-8)5-10(17-11)6-12(13,14)15/h2-5,16-17H,6-7H2,1H3. The number of H-pyrrole nitrogens is 1. The second kappa shape index (κ2) is 4.41. The van der Waals surface area contributed by atoms with Crippen LogP contribution in [0.4, 0.5) is 13.2 Å². The number of halogens is 3. The zero-order chi connectivity index (χ0) is 12.5. The summed E-state index contributed by atoms with van der Waals surface area (Å²) < 4.78 is 36.7. The lowest BCUT2D eigenvalue weighted by atomic mass is 10.1. The Morgan fingerprint density at radius 3 is 2.65 bits per heavy atom. The molecule has 0 unspecified atom stereocenters. The lowest BCUT2D eigenvalue weighted by molar-refractivity contribution is -0.127. The van der Waals surface area contributed by atoms with E-state index in [2.05, 4.69) is 10.3 Å². The van der Waals surface area contributed by atoms with Crippen molar-refractivity contribution in [3.63, 3.8) is 0 Å². The number of rotatable bonds is 3. The summed E-state index contributed by atoms with van der Waals surface area (Å²) in [5, 5.41) is 3.82. The van der Waals surface area contributed by atoms with Crippen LogP contribution in [0.5, 0.6) is 0 Å². The predicted molar refractivity (Wildman–Crippen MR) is 60.8 cm³/mol. The van der Waals surface area contributed by atoms with Gasteiger partial charge in [0.15, 0.2) is 0 Å². The van der Waals surface area contributed by atoms with E-state index < -0.39 is 12.6 Å². The van der Waals surface area contributed by atoms with Crippen molar-refractivity contribution in [1.29, 1.82) is 0 Å². The molecule has 2 nitrogen and oxygen atoms in total. The minimum atomic E-state index is -4.17. The SMILES string of the molecule is CNCc1ccc2[nH]c(CC(F)(F)F)cc2c1. The number of hydrogen-bond donors (Lipinski definition) is 2. The largest absolute Gasteiger partial charge is 0.394 e. The zero-order valence-corrected chi connectivity index (χ0v) is 9.36. The average molecular weight is 242 g/mol. The summed E-state index contributed by atoms with van der Waals surface area (Å²) in [5.41, 5.74) is 2.00. The summed E-state index contributed by atoms with van der Waals surface area (Å²) in [5.74, 6) is 0. The Kier molecular flexibility index (Phi) is 3.11. The van der Waals surface area contributed by atoms with Crippen LogP contribution in [0.3, 0.4) is 0 Å². The van der Waals surface area contributed by atoms with Gasteiger partial charge in [0.2, 0.25) is 0 Å². The molecule has 0 aliphatic carbocycles. The van der Waals surface area contributed by atoms with Crippen LogP contribution in [0, 0.1) is 0 Å². The van der Waals surface area contributed by atoms with Crippen molar-refractivity contribution < 1.29 is 13.2 Å². The Hall–Kier alpha value is -1.49. The van der Waals surface area contributed by atoms with Gasteiger partial charge in [0.25, 0.3) is 0 Å². The van der Waals surface area contributed by atoms with Gasteiger partial charge in [-0.05, 0) is 36.2 Å². The molecule has 0 saturated heterocycles. The van der Waals surface area contributed by atoms with Crippen molar-refractivity contribution in [3.05, 3.63) is 35.5 Å². The number of alkyl halides is 3. The van der Waals surface area contributed by atoms with E-state index in [9.17, 15) is 13.2 Å². The Balaban J connectivity index is 2.30. The maximum atomic E-state index is 12.2. The normalized spacial score (nSPS) is 12.2.